The number of piperidine rings is 3. The lowest BCUT2D eigenvalue weighted by Crippen LogP contribution is -2.56. The van der Waals surface area contributed by atoms with Crippen molar-refractivity contribution in [2.24, 2.45) is 11.0 Å². The van der Waals surface area contributed by atoms with E-state index in [-0.39, 0.29) is 6.04 Å². The minimum absolute atomic E-state index is 0.140. The highest BCUT2D eigenvalue weighted by Gasteiger charge is 2.47. The molecule has 3 saturated heterocycles. The molecule has 0 saturated carbocycles. The molecule has 0 aromatic heterocycles. The number of hydrogen-bond donors (Lipinski definition) is 1. The van der Waals surface area contributed by atoms with Gasteiger partial charge in [0.2, 0.25) is 5.75 Å². The van der Waals surface area contributed by atoms with Gasteiger partial charge in [-0.25, -0.2) is 0 Å². The van der Waals surface area contributed by atoms with Crippen molar-refractivity contribution in [2.75, 3.05) is 33.9 Å². The molecule has 25 heavy (non-hydrogen) atoms. The lowest BCUT2D eigenvalue weighted by Gasteiger charge is -2.45. The van der Waals surface area contributed by atoms with Crippen molar-refractivity contribution in [1.82, 2.24) is 10.3 Å². The number of ether oxygens (including phenoxy) is 3. The van der Waals surface area contributed by atoms with Gasteiger partial charge < -0.3 is 19.6 Å². The number of nitrogens with zero attached hydrogens (tertiary/aromatic N) is 2. The van der Waals surface area contributed by atoms with Crippen molar-refractivity contribution in [3.05, 3.63) is 17.7 Å². The summed E-state index contributed by atoms with van der Waals surface area (Å²) in [6, 6.07) is 4.62. The molecule has 4 aliphatic heterocycles. The van der Waals surface area contributed by atoms with Crippen molar-refractivity contribution in [3.8, 4) is 17.2 Å². The van der Waals surface area contributed by atoms with Crippen LogP contribution in [-0.2, 0) is 0 Å². The zero-order chi connectivity index (χ0) is 17.4. The highest BCUT2D eigenvalue weighted by Crippen LogP contribution is 2.44. The number of methoxy groups -OCH3 is 2. The maximum Gasteiger partial charge on any atom is 0.203 e. The third kappa shape index (κ3) is 2.72. The molecule has 0 amide bonds. The van der Waals surface area contributed by atoms with E-state index in [4.69, 9.17) is 19.3 Å². The van der Waals surface area contributed by atoms with Crippen LogP contribution >= 0.6 is 0 Å². The number of hydrazone groups is 1. The number of fused-ring (bicyclic) bond motifs is 2. The zero-order valence-corrected chi connectivity index (χ0v) is 15.2. The number of benzene rings is 1. The van der Waals surface area contributed by atoms with Gasteiger partial charge in [-0.15, -0.1) is 0 Å². The van der Waals surface area contributed by atoms with Gasteiger partial charge in [0.25, 0.3) is 0 Å². The number of nitrogens with one attached hydrogen (secondary N) is 1. The Hall–Kier alpha value is -1.95. The third-order valence-corrected chi connectivity index (χ3v) is 5.59. The Morgan fingerprint density at radius 2 is 1.84 bits per heavy atom. The Kier molecular flexibility index (Phi) is 4.46. The Morgan fingerprint density at radius 1 is 1.16 bits per heavy atom. The van der Waals surface area contributed by atoms with Gasteiger partial charge in [-0.3, -0.25) is 4.90 Å². The second-order valence-electron chi connectivity index (χ2n) is 7.00. The summed E-state index contributed by atoms with van der Waals surface area (Å²) < 4.78 is 17.1. The minimum atomic E-state index is 0.140. The molecule has 3 fully saturated rings. The molecule has 1 N–H and O–H groups in total. The monoisotopic (exact) mass is 345 g/mol. The Morgan fingerprint density at radius 3 is 2.44 bits per heavy atom. The molecule has 6 heteroatoms. The smallest absolute Gasteiger partial charge is 0.203 e. The van der Waals surface area contributed by atoms with E-state index in [1.807, 2.05) is 0 Å². The summed E-state index contributed by atoms with van der Waals surface area (Å²) >= 11 is 0. The van der Waals surface area contributed by atoms with Crippen molar-refractivity contribution in [2.45, 2.75) is 38.3 Å². The van der Waals surface area contributed by atoms with Crippen LogP contribution in [0.5, 0.6) is 17.2 Å². The fourth-order valence-electron chi connectivity index (χ4n) is 4.34. The summed E-state index contributed by atoms with van der Waals surface area (Å²) in [5.74, 6) is 2.76. The first-order chi connectivity index (χ1) is 12.3. The average molecular weight is 345 g/mol. The highest BCUT2D eigenvalue weighted by atomic mass is 16.5. The predicted molar refractivity (Wildman–Crippen MR) is 96.7 cm³/mol. The van der Waals surface area contributed by atoms with Crippen LogP contribution in [-0.4, -0.2) is 50.6 Å². The number of hydrogen-bond acceptors (Lipinski definition) is 6. The first-order valence-electron chi connectivity index (χ1n) is 9.22. The van der Waals surface area contributed by atoms with E-state index in [9.17, 15) is 0 Å². The Labute approximate surface area is 149 Å². The van der Waals surface area contributed by atoms with Gasteiger partial charge in [0.05, 0.1) is 38.6 Å². The van der Waals surface area contributed by atoms with Gasteiger partial charge in [0, 0.05) is 5.92 Å². The van der Waals surface area contributed by atoms with Gasteiger partial charge in [-0.1, -0.05) is 6.92 Å². The topological polar surface area (TPSA) is 55.3 Å². The zero-order valence-electron chi connectivity index (χ0n) is 15.2. The Balaban J connectivity index is 1.67. The van der Waals surface area contributed by atoms with Crippen LogP contribution in [0.4, 0.5) is 0 Å². The molecule has 0 spiro atoms. The first-order valence-corrected chi connectivity index (χ1v) is 9.22. The molecule has 6 nitrogen and oxygen atoms in total. The van der Waals surface area contributed by atoms with E-state index >= 15 is 0 Å². The van der Waals surface area contributed by atoms with Crippen LogP contribution in [0, 0.1) is 5.92 Å². The van der Waals surface area contributed by atoms with Crippen LogP contribution in [0.2, 0.25) is 0 Å². The van der Waals surface area contributed by atoms with E-state index in [1.165, 1.54) is 31.6 Å². The average Bonchev–Trinajstić information content (AvgIpc) is 3.14. The second-order valence-corrected chi connectivity index (χ2v) is 7.00. The molecule has 1 aromatic carbocycles. The lowest BCUT2D eigenvalue weighted by molar-refractivity contribution is 0.133. The highest BCUT2D eigenvalue weighted by molar-refractivity contribution is 5.95. The standard InChI is InChI=1S/C19H27N3O3/c1-4-9-25-19-14(23-2)10-13(11-15(19)24-3)17-18-16(20-21-17)12-5-7-22(18)8-6-12/h10-12,17-18,21H,4-9H2,1-3H3. The molecule has 4 aliphatic rings. The number of rotatable bonds is 6. The van der Waals surface area contributed by atoms with Gasteiger partial charge in [0.15, 0.2) is 11.5 Å². The molecular weight excluding hydrogens is 318 g/mol. The molecule has 4 heterocycles. The summed E-state index contributed by atoms with van der Waals surface area (Å²) in [6.45, 7) is 5.05. The largest absolute Gasteiger partial charge is 0.493 e. The van der Waals surface area contributed by atoms with Crippen LogP contribution in [0.15, 0.2) is 17.2 Å². The molecule has 5 rings (SSSR count). The maximum atomic E-state index is 5.86. The summed E-state index contributed by atoms with van der Waals surface area (Å²) in [6.07, 6.45) is 3.41. The maximum absolute atomic E-state index is 5.86. The van der Waals surface area contributed by atoms with Gasteiger partial charge >= 0.3 is 0 Å². The van der Waals surface area contributed by atoms with Crippen LogP contribution in [0.3, 0.4) is 0 Å². The van der Waals surface area contributed by atoms with E-state index in [2.05, 4.69) is 29.4 Å². The second kappa shape index (κ2) is 6.75. The quantitative estimate of drug-likeness (QED) is 0.859. The van der Waals surface area contributed by atoms with Crippen molar-refractivity contribution < 1.29 is 14.2 Å². The van der Waals surface area contributed by atoms with Crippen LogP contribution in [0.1, 0.15) is 37.8 Å². The van der Waals surface area contributed by atoms with Gasteiger partial charge in [-0.2, -0.15) is 5.10 Å². The van der Waals surface area contributed by atoms with E-state index in [0.717, 1.165) is 12.0 Å². The van der Waals surface area contributed by atoms with Gasteiger partial charge in [-0.05, 0) is 50.0 Å². The molecule has 2 atom stereocenters. The van der Waals surface area contributed by atoms with E-state index in [1.54, 1.807) is 14.2 Å². The predicted octanol–water partition coefficient (Wildman–Crippen LogP) is 2.59. The molecular formula is C19H27N3O3. The lowest BCUT2D eigenvalue weighted by atomic mass is 9.78. The van der Waals surface area contributed by atoms with Crippen molar-refractivity contribution >= 4 is 5.71 Å². The van der Waals surface area contributed by atoms with Crippen LogP contribution < -0.4 is 19.6 Å². The summed E-state index contributed by atoms with van der Waals surface area (Å²) in [5.41, 5.74) is 5.83. The van der Waals surface area contributed by atoms with E-state index < -0.39 is 0 Å². The summed E-state index contributed by atoms with van der Waals surface area (Å²) in [7, 11) is 3.35. The summed E-state index contributed by atoms with van der Waals surface area (Å²) in [4.78, 5) is 2.56. The Bertz CT molecular complexity index is 643. The van der Waals surface area contributed by atoms with Crippen LogP contribution in [0.25, 0.3) is 0 Å². The van der Waals surface area contributed by atoms with Gasteiger partial charge in [0.1, 0.15) is 0 Å². The normalized spacial score (nSPS) is 29.6. The third-order valence-electron chi connectivity index (χ3n) is 5.59. The molecule has 136 valence electrons. The van der Waals surface area contributed by atoms with Crippen molar-refractivity contribution in [1.29, 1.82) is 0 Å². The molecule has 2 unspecified atom stereocenters. The fourth-order valence-corrected chi connectivity index (χ4v) is 4.34. The fraction of sp³-hybridized carbons (Fsp3) is 0.632. The minimum Gasteiger partial charge on any atom is -0.493 e. The summed E-state index contributed by atoms with van der Waals surface area (Å²) in [5, 5.41) is 4.69. The molecule has 1 aromatic rings. The molecule has 0 aliphatic carbocycles. The van der Waals surface area contributed by atoms with E-state index in [0.29, 0.717) is 35.8 Å². The SMILES string of the molecule is CCCOc1c(OC)cc(C2NN=C3C4CCN(CC4)C32)cc1OC. The van der Waals surface area contributed by atoms with Crippen molar-refractivity contribution in [3.63, 3.8) is 0 Å². The molecule has 0 radical (unpaired) electrons. The molecule has 2 bridgehead atoms. The first kappa shape index (κ1) is 16.5.